The Kier molecular flexibility index (Phi) is 8.51. The summed E-state index contributed by atoms with van der Waals surface area (Å²) in [5.41, 5.74) is 1.58. The fourth-order valence-corrected chi connectivity index (χ4v) is 2.22. The molecule has 0 aromatic rings. The molecule has 0 aliphatic carbocycles. The first-order chi connectivity index (χ1) is 7.89. The highest BCUT2D eigenvalue weighted by atomic mass is 16.5. The Labute approximate surface area is 101 Å². The van der Waals surface area contributed by atoms with Gasteiger partial charge in [-0.2, -0.15) is 0 Å². The Balaban J connectivity index is 2.19. The van der Waals surface area contributed by atoms with Gasteiger partial charge in [0.1, 0.15) is 0 Å². The molecule has 1 heterocycles. The third kappa shape index (κ3) is 7.92. The van der Waals surface area contributed by atoms with Crippen molar-refractivity contribution in [1.82, 2.24) is 0 Å². The molecule has 0 N–H and O–H groups in total. The SMILES string of the molecule is C/C1=C\CCCCCCCCOCCCC1. The van der Waals surface area contributed by atoms with Gasteiger partial charge < -0.3 is 4.74 Å². The number of ether oxygens (including phenoxy) is 1. The predicted molar refractivity (Wildman–Crippen MR) is 70.7 cm³/mol. The molecule has 0 fully saturated rings. The molecule has 94 valence electrons. The van der Waals surface area contributed by atoms with Crippen molar-refractivity contribution in [3.05, 3.63) is 11.6 Å². The summed E-state index contributed by atoms with van der Waals surface area (Å²) in [5.74, 6) is 0. The van der Waals surface area contributed by atoms with Gasteiger partial charge in [-0.15, -0.1) is 0 Å². The average Bonchev–Trinajstić information content (AvgIpc) is 2.29. The van der Waals surface area contributed by atoms with Crippen molar-refractivity contribution >= 4 is 0 Å². The van der Waals surface area contributed by atoms with Crippen LogP contribution >= 0.6 is 0 Å². The lowest BCUT2D eigenvalue weighted by atomic mass is 10.1. The van der Waals surface area contributed by atoms with Gasteiger partial charge in [0, 0.05) is 13.2 Å². The monoisotopic (exact) mass is 224 g/mol. The fraction of sp³-hybridized carbons (Fsp3) is 0.867. The van der Waals surface area contributed by atoms with Gasteiger partial charge in [-0.25, -0.2) is 0 Å². The van der Waals surface area contributed by atoms with Crippen molar-refractivity contribution in [1.29, 1.82) is 0 Å². The minimum absolute atomic E-state index is 0.966. The van der Waals surface area contributed by atoms with Gasteiger partial charge in [-0.3, -0.25) is 0 Å². The summed E-state index contributed by atoms with van der Waals surface area (Å²) >= 11 is 0. The molecule has 0 aromatic heterocycles. The Morgan fingerprint density at radius 1 is 0.812 bits per heavy atom. The van der Waals surface area contributed by atoms with Crippen LogP contribution in [0.3, 0.4) is 0 Å². The standard InChI is InChI=1S/C15H28O/c1-15-11-7-5-3-2-4-6-9-13-16-14-10-8-12-15/h11H,2-10,12-14H2,1H3/b15-11+. The van der Waals surface area contributed by atoms with Crippen LogP contribution < -0.4 is 0 Å². The predicted octanol–water partition coefficient (Wildman–Crippen LogP) is 4.86. The van der Waals surface area contributed by atoms with Crippen molar-refractivity contribution in [2.45, 2.75) is 71.1 Å². The summed E-state index contributed by atoms with van der Waals surface area (Å²) < 4.78 is 5.63. The minimum Gasteiger partial charge on any atom is -0.381 e. The lowest BCUT2D eigenvalue weighted by Crippen LogP contribution is -1.97. The molecule has 16 heavy (non-hydrogen) atoms. The molecular formula is C15H28O. The fourth-order valence-electron chi connectivity index (χ4n) is 2.22. The quantitative estimate of drug-likeness (QED) is 0.534. The van der Waals surface area contributed by atoms with E-state index in [2.05, 4.69) is 13.0 Å². The second kappa shape index (κ2) is 9.89. The molecule has 0 bridgehead atoms. The topological polar surface area (TPSA) is 9.23 Å². The summed E-state index contributed by atoms with van der Waals surface area (Å²) in [5, 5.41) is 0. The Morgan fingerprint density at radius 3 is 2.25 bits per heavy atom. The number of hydrogen-bond acceptors (Lipinski definition) is 1. The third-order valence-electron chi connectivity index (χ3n) is 3.35. The maximum Gasteiger partial charge on any atom is 0.0466 e. The first-order valence-electron chi connectivity index (χ1n) is 7.13. The summed E-state index contributed by atoms with van der Waals surface area (Å²) in [7, 11) is 0. The van der Waals surface area contributed by atoms with E-state index in [9.17, 15) is 0 Å². The first kappa shape index (κ1) is 13.8. The molecule has 1 rings (SSSR count). The van der Waals surface area contributed by atoms with Gasteiger partial charge >= 0.3 is 0 Å². The summed E-state index contributed by atoms with van der Waals surface area (Å²) in [4.78, 5) is 0. The Bertz CT molecular complexity index is 184. The average molecular weight is 224 g/mol. The molecule has 1 heteroatoms. The first-order valence-corrected chi connectivity index (χ1v) is 7.13. The Morgan fingerprint density at radius 2 is 1.44 bits per heavy atom. The van der Waals surface area contributed by atoms with Crippen LogP contribution in [0.25, 0.3) is 0 Å². The smallest absolute Gasteiger partial charge is 0.0466 e. The van der Waals surface area contributed by atoms with E-state index < -0.39 is 0 Å². The van der Waals surface area contributed by atoms with Crippen LogP contribution in [0.15, 0.2) is 11.6 Å². The van der Waals surface area contributed by atoms with E-state index in [1.807, 2.05) is 0 Å². The zero-order valence-electron chi connectivity index (χ0n) is 11.0. The minimum atomic E-state index is 0.966. The third-order valence-corrected chi connectivity index (χ3v) is 3.35. The molecule has 0 spiro atoms. The van der Waals surface area contributed by atoms with E-state index in [0.717, 1.165) is 13.2 Å². The molecule has 0 saturated carbocycles. The highest BCUT2D eigenvalue weighted by Gasteiger charge is 1.96. The van der Waals surface area contributed by atoms with Crippen molar-refractivity contribution in [3.8, 4) is 0 Å². The Hall–Kier alpha value is -0.300. The highest BCUT2D eigenvalue weighted by molar-refractivity contribution is 4.97. The number of allylic oxidation sites excluding steroid dienone is 2. The van der Waals surface area contributed by atoms with Gasteiger partial charge in [-0.1, -0.05) is 37.3 Å². The maximum absolute atomic E-state index is 5.63. The molecule has 0 saturated heterocycles. The van der Waals surface area contributed by atoms with E-state index in [0.29, 0.717) is 0 Å². The van der Waals surface area contributed by atoms with Crippen LogP contribution in [0.5, 0.6) is 0 Å². The van der Waals surface area contributed by atoms with Gasteiger partial charge in [-0.05, 0) is 45.4 Å². The van der Waals surface area contributed by atoms with Crippen molar-refractivity contribution < 1.29 is 4.74 Å². The van der Waals surface area contributed by atoms with E-state index in [-0.39, 0.29) is 0 Å². The van der Waals surface area contributed by atoms with E-state index >= 15 is 0 Å². The summed E-state index contributed by atoms with van der Waals surface area (Å²) in [6, 6.07) is 0. The molecule has 1 aliphatic rings. The largest absolute Gasteiger partial charge is 0.381 e. The normalized spacial score (nSPS) is 26.2. The molecular weight excluding hydrogens is 196 g/mol. The van der Waals surface area contributed by atoms with Gasteiger partial charge in [0.05, 0.1) is 0 Å². The second-order valence-corrected chi connectivity index (χ2v) is 5.03. The summed E-state index contributed by atoms with van der Waals surface area (Å²) in [6.45, 7) is 4.22. The van der Waals surface area contributed by atoms with E-state index in [1.165, 1.54) is 64.2 Å². The van der Waals surface area contributed by atoms with Crippen LogP contribution in [0.4, 0.5) is 0 Å². The second-order valence-electron chi connectivity index (χ2n) is 5.03. The maximum atomic E-state index is 5.63. The lowest BCUT2D eigenvalue weighted by molar-refractivity contribution is 0.126. The molecule has 1 nitrogen and oxygen atoms in total. The zero-order chi connectivity index (χ0) is 11.5. The van der Waals surface area contributed by atoms with Crippen molar-refractivity contribution in [3.63, 3.8) is 0 Å². The molecule has 0 atom stereocenters. The van der Waals surface area contributed by atoms with Crippen LogP contribution in [0, 0.1) is 0 Å². The highest BCUT2D eigenvalue weighted by Crippen LogP contribution is 2.12. The van der Waals surface area contributed by atoms with Gasteiger partial charge in [0.25, 0.3) is 0 Å². The molecule has 0 amide bonds. The number of hydrogen-bond donors (Lipinski definition) is 0. The molecule has 1 aliphatic heterocycles. The van der Waals surface area contributed by atoms with Crippen molar-refractivity contribution in [2.24, 2.45) is 0 Å². The van der Waals surface area contributed by atoms with Gasteiger partial charge in [0.15, 0.2) is 0 Å². The van der Waals surface area contributed by atoms with Crippen LogP contribution in [0.2, 0.25) is 0 Å². The van der Waals surface area contributed by atoms with Crippen LogP contribution in [-0.2, 0) is 4.74 Å². The lowest BCUT2D eigenvalue weighted by Gasteiger charge is -2.04. The van der Waals surface area contributed by atoms with E-state index in [1.54, 1.807) is 5.57 Å². The molecule has 0 aromatic carbocycles. The number of rotatable bonds is 0. The zero-order valence-corrected chi connectivity index (χ0v) is 11.0. The molecule has 0 radical (unpaired) electrons. The van der Waals surface area contributed by atoms with Gasteiger partial charge in [0.2, 0.25) is 0 Å². The molecule has 0 unspecified atom stereocenters. The van der Waals surface area contributed by atoms with Crippen LogP contribution in [-0.4, -0.2) is 13.2 Å². The van der Waals surface area contributed by atoms with Crippen molar-refractivity contribution in [2.75, 3.05) is 13.2 Å². The van der Waals surface area contributed by atoms with Crippen LogP contribution in [0.1, 0.15) is 71.1 Å². The summed E-state index contributed by atoms with van der Waals surface area (Å²) in [6.07, 6.45) is 15.7. The van der Waals surface area contributed by atoms with E-state index in [4.69, 9.17) is 4.74 Å².